The van der Waals surface area contributed by atoms with Gasteiger partial charge in [-0.2, -0.15) is 0 Å². The SMILES string of the molecule is CC(C)(C)OC(=O)C[C@H](C(=O)OC(C)(C)C)C(Cc1cccc(OCc2ccccc2)c1CCCO)C(N)=O. The Morgan fingerprint density at radius 1 is 0.872 bits per heavy atom. The topological polar surface area (TPSA) is 125 Å². The standard InChI is InChI=1S/C31H43NO7/c1-30(2,3)38-27(34)19-25(29(36)39-31(4,5)6)24(28(32)35)18-22-14-10-16-26(23(22)15-11-17-33)37-20-21-12-8-7-9-13-21/h7-10,12-14,16,24-25,33H,11,15,17-20H2,1-6H3,(H2,32,35)/t24?,25-/m0/s1. The maximum absolute atomic E-state index is 13.3. The Balaban J connectivity index is 2.43. The Morgan fingerprint density at radius 2 is 1.51 bits per heavy atom. The summed E-state index contributed by atoms with van der Waals surface area (Å²) in [5.41, 5.74) is 6.80. The van der Waals surface area contributed by atoms with Crippen LogP contribution in [0.5, 0.6) is 5.75 Å². The zero-order valence-corrected chi connectivity index (χ0v) is 24.0. The summed E-state index contributed by atoms with van der Waals surface area (Å²) in [4.78, 5) is 38.8. The molecule has 1 unspecified atom stereocenters. The molecule has 1 amide bonds. The zero-order chi connectivity index (χ0) is 29.2. The van der Waals surface area contributed by atoms with Gasteiger partial charge in [-0.15, -0.1) is 0 Å². The molecular formula is C31H43NO7. The van der Waals surface area contributed by atoms with Crippen LogP contribution < -0.4 is 10.5 Å². The molecule has 39 heavy (non-hydrogen) atoms. The van der Waals surface area contributed by atoms with E-state index in [1.54, 1.807) is 41.5 Å². The molecule has 8 nitrogen and oxygen atoms in total. The van der Waals surface area contributed by atoms with Crippen molar-refractivity contribution in [1.29, 1.82) is 0 Å². The Kier molecular flexibility index (Phi) is 11.5. The summed E-state index contributed by atoms with van der Waals surface area (Å²) < 4.78 is 17.2. The highest BCUT2D eigenvalue weighted by Crippen LogP contribution is 2.31. The number of aliphatic hydroxyl groups is 1. The lowest BCUT2D eigenvalue weighted by Crippen LogP contribution is -2.41. The molecule has 0 bridgehead atoms. The first-order chi connectivity index (χ1) is 18.2. The third kappa shape index (κ3) is 11.1. The van der Waals surface area contributed by atoms with Crippen LogP contribution in [0.4, 0.5) is 0 Å². The molecule has 0 aliphatic carbocycles. The van der Waals surface area contributed by atoms with E-state index in [1.807, 2.05) is 48.5 Å². The van der Waals surface area contributed by atoms with Crippen molar-refractivity contribution < 1.29 is 33.7 Å². The minimum Gasteiger partial charge on any atom is -0.489 e. The number of esters is 2. The number of carbonyl (C=O) groups excluding carboxylic acids is 3. The van der Waals surface area contributed by atoms with Crippen molar-refractivity contribution in [2.75, 3.05) is 6.61 Å². The number of ether oxygens (including phenoxy) is 3. The van der Waals surface area contributed by atoms with Crippen LogP contribution in [0.3, 0.4) is 0 Å². The van der Waals surface area contributed by atoms with Gasteiger partial charge in [0.15, 0.2) is 0 Å². The van der Waals surface area contributed by atoms with Gasteiger partial charge in [-0.25, -0.2) is 0 Å². The number of carbonyl (C=O) groups is 3. The third-order valence-corrected chi connectivity index (χ3v) is 5.86. The fraction of sp³-hybridized carbons (Fsp3) is 0.516. The van der Waals surface area contributed by atoms with Gasteiger partial charge in [0.25, 0.3) is 0 Å². The van der Waals surface area contributed by atoms with Gasteiger partial charge in [-0.3, -0.25) is 14.4 Å². The molecule has 0 aromatic heterocycles. The van der Waals surface area contributed by atoms with Gasteiger partial charge in [-0.1, -0.05) is 42.5 Å². The van der Waals surface area contributed by atoms with E-state index in [0.717, 1.165) is 16.7 Å². The molecule has 0 aliphatic rings. The Morgan fingerprint density at radius 3 is 2.08 bits per heavy atom. The lowest BCUT2D eigenvalue weighted by molar-refractivity contribution is -0.170. The number of nitrogens with two attached hydrogens (primary N) is 1. The van der Waals surface area contributed by atoms with Crippen LogP contribution in [0.25, 0.3) is 0 Å². The second kappa shape index (κ2) is 14.1. The summed E-state index contributed by atoms with van der Waals surface area (Å²) in [6, 6.07) is 15.2. The van der Waals surface area contributed by atoms with Crippen LogP contribution in [0.2, 0.25) is 0 Å². The van der Waals surface area contributed by atoms with Crippen molar-refractivity contribution in [3.8, 4) is 5.75 Å². The van der Waals surface area contributed by atoms with E-state index in [4.69, 9.17) is 19.9 Å². The monoisotopic (exact) mass is 541 g/mol. The van der Waals surface area contributed by atoms with Gasteiger partial charge in [0.1, 0.15) is 23.6 Å². The summed E-state index contributed by atoms with van der Waals surface area (Å²) in [5, 5.41) is 9.52. The van der Waals surface area contributed by atoms with Crippen LogP contribution in [0.15, 0.2) is 48.5 Å². The number of benzene rings is 2. The number of primary amides is 1. The molecule has 0 saturated heterocycles. The minimum atomic E-state index is -1.14. The molecule has 0 fully saturated rings. The maximum atomic E-state index is 13.3. The molecule has 2 aromatic rings. The number of hydrogen-bond acceptors (Lipinski definition) is 7. The van der Waals surface area contributed by atoms with E-state index in [9.17, 15) is 19.5 Å². The molecule has 0 aliphatic heterocycles. The molecule has 2 aromatic carbocycles. The molecule has 0 spiro atoms. The number of aliphatic hydroxyl groups excluding tert-OH is 1. The Labute approximate surface area is 231 Å². The second-order valence-corrected chi connectivity index (χ2v) is 11.6. The van der Waals surface area contributed by atoms with Crippen molar-refractivity contribution in [3.63, 3.8) is 0 Å². The summed E-state index contributed by atoms with van der Waals surface area (Å²) in [5.74, 6) is -3.59. The van der Waals surface area contributed by atoms with Crippen LogP contribution in [0.1, 0.15) is 71.1 Å². The van der Waals surface area contributed by atoms with Gasteiger partial charge in [0, 0.05) is 6.61 Å². The minimum absolute atomic E-state index is 0.0229. The summed E-state index contributed by atoms with van der Waals surface area (Å²) >= 11 is 0. The number of amides is 1. The normalized spacial score (nSPS) is 13.3. The summed E-state index contributed by atoms with van der Waals surface area (Å²) in [6.45, 7) is 10.7. The fourth-order valence-electron chi connectivity index (χ4n) is 4.22. The predicted molar refractivity (Wildman–Crippen MR) is 149 cm³/mol. The van der Waals surface area contributed by atoms with Gasteiger partial charge >= 0.3 is 11.9 Å². The summed E-state index contributed by atoms with van der Waals surface area (Å²) in [7, 11) is 0. The quantitative estimate of drug-likeness (QED) is 0.357. The first-order valence-electron chi connectivity index (χ1n) is 13.3. The molecule has 0 heterocycles. The van der Waals surface area contributed by atoms with Gasteiger partial charge in [-0.05, 0) is 83.6 Å². The molecule has 214 valence electrons. The van der Waals surface area contributed by atoms with Crippen molar-refractivity contribution in [1.82, 2.24) is 0 Å². The third-order valence-electron chi connectivity index (χ3n) is 5.86. The average Bonchev–Trinajstić information content (AvgIpc) is 2.82. The molecule has 8 heteroatoms. The van der Waals surface area contributed by atoms with Crippen LogP contribution in [-0.2, 0) is 43.3 Å². The Bertz CT molecular complexity index is 1100. The van der Waals surface area contributed by atoms with Crippen molar-refractivity contribution in [2.45, 2.75) is 85.0 Å². The number of rotatable bonds is 13. The molecule has 2 rings (SSSR count). The molecule has 0 radical (unpaired) electrons. The van der Waals surface area contributed by atoms with Crippen molar-refractivity contribution in [3.05, 3.63) is 65.2 Å². The summed E-state index contributed by atoms with van der Waals surface area (Å²) in [6.07, 6.45) is 0.708. The highest BCUT2D eigenvalue weighted by atomic mass is 16.6. The predicted octanol–water partition coefficient (Wildman–Crippen LogP) is 4.52. The first-order valence-corrected chi connectivity index (χ1v) is 13.3. The molecular weight excluding hydrogens is 498 g/mol. The van der Waals surface area contributed by atoms with Crippen LogP contribution in [0, 0.1) is 11.8 Å². The zero-order valence-electron chi connectivity index (χ0n) is 24.0. The fourth-order valence-corrected chi connectivity index (χ4v) is 4.22. The van der Waals surface area contributed by atoms with E-state index in [1.165, 1.54) is 0 Å². The van der Waals surface area contributed by atoms with Gasteiger partial charge < -0.3 is 25.1 Å². The van der Waals surface area contributed by atoms with Crippen molar-refractivity contribution >= 4 is 17.8 Å². The smallest absolute Gasteiger partial charge is 0.310 e. The highest BCUT2D eigenvalue weighted by molar-refractivity contribution is 5.87. The first kappa shape index (κ1) is 31.8. The molecule has 0 saturated carbocycles. The van der Waals surface area contributed by atoms with Gasteiger partial charge in [0.05, 0.1) is 18.3 Å². The highest BCUT2D eigenvalue weighted by Gasteiger charge is 2.38. The lowest BCUT2D eigenvalue weighted by Gasteiger charge is -2.29. The van der Waals surface area contributed by atoms with E-state index in [-0.39, 0.29) is 19.4 Å². The Hall–Kier alpha value is -3.39. The van der Waals surface area contributed by atoms with E-state index in [2.05, 4.69) is 0 Å². The average molecular weight is 542 g/mol. The van der Waals surface area contributed by atoms with Crippen LogP contribution >= 0.6 is 0 Å². The molecule has 3 N–H and O–H groups in total. The van der Waals surface area contributed by atoms with Crippen molar-refractivity contribution in [2.24, 2.45) is 17.6 Å². The van der Waals surface area contributed by atoms with E-state index < -0.39 is 40.9 Å². The van der Waals surface area contributed by atoms with E-state index in [0.29, 0.717) is 25.2 Å². The van der Waals surface area contributed by atoms with Crippen LogP contribution in [-0.4, -0.2) is 40.8 Å². The second-order valence-electron chi connectivity index (χ2n) is 11.6. The molecule has 2 atom stereocenters. The van der Waals surface area contributed by atoms with E-state index >= 15 is 0 Å². The largest absolute Gasteiger partial charge is 0.489 e. The number of hydrogen-bond donors (Lipinski definition) is 2. The van der Waals surface area contributed by atoms with Gasteiger partial charge in [0.2, 0.25) is 5.91 Å². The lowest BCUT2D eigenvalue weighted by atomic mass is 9.82. The maximum Gasteiger partial charge on any atom is 0.310 e.